The number of benzene rings is 1. The van der Waals surface area contributed by atoms with Crippen molar-refractivity contribution in [2.45, 2.75) is 13.0 Å². The third-order valence-corrected chi connectivity index (χ3v) is 1.47. The molecule has 1 aromatic rings. The Kier molecular flexibility index (Phi) is 2.38. The van der Waals surface area contributed by atoms with Gasteiger partial charge in [-0.25, -0.2) is 13.2 Å². The van der Waals surface area contributed by atoms with Gasteiger partial charge in [-0.1, -0.05) is 0 Å². The van der Waals surface area contributed by atoms with Crippen LogP contribution in [-0.2, 0) is 0 Å². The van der Waals surface area contributed by atoms with Gasteiger partial charge in [0, 0.05) is 11.6 Å². The first-order valence-corrected chi connectivity index (χ1v) is 3.35. The summed E-state index contributed by atoms with van der Waals surface area (Å²) in [5, 5.41) is 8.88. The van der Waals surface area contributed by atoms with Crippen LogP contribution in [0, 0.1) is 17.5 Å². The highest BCUT2D eigenvalue weighted by atomic mass is 19.2. The Hall–Kier alpha value is -1.03. The first-order valence-electron chi connectivity index (χ1n) is 3.35. The number of aliphatic hydroxyl groups excluding tert-OH is 1. The molecular weight excluding hydrogens is 169 g/mol. The molecule has 0 fully saturated rings. The van der Waals surface area contributed by atoms with E-state index < -0.39 is 23.6 Å². The summed E-state index contributed by atoms with van der Waals surface area (Å²) in [4.78, 5) is 0. The molecule has 0 amide bonds. The van der Waals surface area contributed by atoms with Crippen molar-refractivity contribution in [3.8, 4) is 0 Å². The molecule has 12 heavy (non-hydrogen) atoms. The summed E-state index contributed by atoms with van der Waals surface area (Å²) in [7, 11) is 0. The molecule has 1 rings (SSSR count). The quantitative estimate of drug-likeness (QED) is 0.650. The Bertz CT molecular complexity index is 297. The first kappa shape index (κ1) is 9.06. The van der Waals surface area contributed by atoms with Gasteiger partial charge >= 0.3 is 0 Å². The van der Waals surface area contributed by atoms with Gasteiger partial charge < -0.3 is 5.11 Å². The van der Waals surface area contributed by atoms with Gasteiger partial charge in [-0.05, 0) is 13.0 Å². The second-order valence-electron chi connectivity index (χ2n) is 2.47. The monoisotopic (exact) mass is 176 g/mol. The van der Waals surface area contributed by atoms with Crippen molar-refractivity contribution in [2.75, 3.05) is 0 Å². The lowest BCUT2D eigenvalue weighted by Gasteiger charge is -2.06. The van der Waals surface area contributed by atoms with Gasteiger partial charge in [0.25, 0.3) is 0 Å². The van der Waals surface area contributed by atoms with E-state index in [-0.39, 0.29) is 5.56 Å². The van der Waals surface area contributed by atoms with Crippen LogP contribution >= 0.6 is 0 Å². The van der Waals surface area contributed by atoms with Crippen LogP contribution in [0.25, 0.3) is 0 Å². The first-order chi connectivity index (χ1) is 5.52. The van der Waals surface area contributed by atoms with Gasteiger partial charge in [0.1, 0.15) is 5.82 Å². The molecule has 0 spiro atoms. The summed E-state index contributed by atoms with van der Waals surface area (Å²) >= 11 is 0. The maximum atomic E-state index is 12.7. The van der Waals surface area contributed by atoms with Crippen LogP contribution in [-0.4, -0.2) is 5.11 Å². The van der Waals surface area contributed by atoms with E-state index in [1.165, 1.54) is 6.92 Å². The average Bonchev–Trinajstić information content (AvgIpc) is 1.96. The molecule has 0 aromatic heterocycles. The number of rotatable bonds is 1. The second-order valence-corrected chi connectivity index (χ2v) is 2.47. The highest BCUT2D eigenvalue weighted by Gasteiger charge is 2.14. The molecule has 1 N–H and O–H groups in total. The SMILES string of the molecule is C[C@@H](O)c1cc(F)cc(F)c1F. The van der Waals surface area contributed by atoms with Gasteiger partial charge in [-0.15, -0.1) is 0 Å². The van der Waals surface area contributed by atoms with E-state index in [9.17, 15) is 13.2 Å². The Morgan fingerprint density at radius 1 is 1.25 bits per heavy atom. The molecule has 4 heteroatoms. The summed E-state index contributed by atoms with van der Waals surface area (Å²) < 4.78 is 37.7. The molecular formula is C8H7F3O. The minimum absolute atomic E-state index is 0.368. The van der Waals surface area contributed by atoms with Crippen LogP contribution in [0.2, 0.25) is 0 Å². The van der Waals surface area contributed by atoms with E-state index in [0.717, 1.165) is 6.07 Å². The molecule has 0 heterocycles. The molecule has 0 bridgehead atoms. The molecule has 0 unspecified atom stereocenters. The van der Waals surface area contributed by atoms with Crippen LogP contribution in [0.15, 0.2) is 12.1 Å². The van der Waals surface area contributed by atoms with Crippen molar-refractivity contribution in [2.24, 2.45) is 0 Å². The standard InChI is InChI=1S/C8H7F3O/c1-4(12)6-2-5(9)3-7(10)8(6)11/h2-4,12H,1H3/t4-/m1/s1. The zero-order valence-corrected chi connectivity index (χ0v) is 6.31. The maximum Gasteiger partial charge on any atom is 0.164 e. The predicted octanol–water partition coefficient (Wildman–Crippen LogP) is 2.16. The van der Waals surface area contributed by atoms with Crippen molar-refractivity contribution < 1.29 is 18.3 Å². The van der Waals surface area contributed by atoms with E-state index in [1.54, 1.807) is 0 Å². The second kappa shape index (κ2) is 3.15. The third-order valence-electron chi connectivity index (χ3n) is 1.47. The summed E-state index contributed by atoms with van der Waals surface area (Å²) in [5.74, 6) is -3.39. The largest absolute Gasteiger partial charge is 0.389 e. The van der Waals surface area contributed by atoms with E-state index in [1.807, 2.05) is 0 Å². The van der Waals surface area contributed by atoms with E-state index >= 15 is 0 Å². The van der Waals surface area contributed by atoms with Crippen LogP contribution < -0.4 is 0 Å². The lowest BCUT2D eigenvalue weighted by atomic mass is 10.1. The lowest BCUT2D eigenvalue weighted by Crippen LogP contribution is -1.99. The minimum atomic E-state index is -1.29. The fraction of sp³-hybridized carbons (Fsp3) is 0.250. The van der Waals surface area contributed by atoms with E-state index in [0.29, 0.717) is 6.07 Å². The van der Waals surface area contributed by atoms with Gasteiger partial charge in [0.2, 0.25) is 0 Å². The molecule has 1 nitrogen and oxygen atoms in total. The zero-order valence-electron chi connectivity index (χ0n) is 6.31. The lowest BCUT2D eigenvalue weighted by molar-refractivity contribution is 0.192. The molecule has 0 aliphatic heterocycles. The van der Waals surface area contributed by atoms with Gasteiger partial charge in [0.05, 0.1) is 6.10 Å². The summed E-state index contributed by atoms with van der Waals surface area (Å²) in [6.45, 7) is 1.23. The van der Waals surface area contributed by atoms with Gasteiger partial charge in [0.15, 0.2) is 11.6 Å². The Balaban J connectivity index is 3.28. The maximum absolute atomic E-state index is 12.7. The number of hydrogen-bond donors (Lipinski definition) is 1. The van der Waals surface area contributed by atoms with Gasteiger partial charge in [-0.2, -0.15) is 0 Å². The normalized spacial score (nSPS) is 13.1. The zero-order chi connectivity index (χ0) is 9.30. The average molecular weight is 176 g/mol. The summed E-state index contributed by atoms with van der Waals surface area (Å²) in [6.07, 6.45) is -1.21. The van der Waals surface area contributed by atoms with E-state index in [2.05, 4.69) is 0 Å². The fourth-order valence-corrected chi connectivity index (χ4v) is 0.880. The van der Waals surface area contributed by atoms with Crippen molar-refractivity contribution in [1.82, 2.24) is 0 Å². The van der Waals surface area contributed by atoms with Crippen molar-refractivity contribution in [1.29, 1.82) is 0 Å². The molecule has 1 atom stereocenters. The Labute approximate surface area is 67.5 Å². The van der Waals surface area contributed by atoms with Crippen molar-refractivity contribution in [3.63, 3.8) is 0 Å². The highest BCUT2D eigenvalue weighted by Crippen LogP contribution is 2.20. The highest BCUT2D eigenvalue weighted by molar-refractivity contribution is 5.21. The summed E-state index contributed by atoms with van der Waals surface area (Å²) in [5.41, 5.74) is -0.368. The molecule has 0 aliphatic carbocycles. The Morgan fingerprint density at radius 3 is 2.33 bits per heavy atom. The molecule has 66 valence electrons. The number of aliphatic hydroxyl groups is 1. The van der Waals surface area contributed by atoms with Crippen LogP contribution in [0.4, 0.5) is 13.2 Å². The number of hydrogen-bond acceptors (Lipinski definition) is 1. The smallest absolute Gasteiger partial charge is 0.164 e. The van der Waals surface area contributed by atoms with E-state index in [4.69, 9.17) is 5.11 Å². The minimum Gasteiger partial charge on any atom is -0.389 e. The third kappa shape index (κ3) is 1.58. The van der Waals surface area contributed by atoms with Crippen molar-refractivity contribution in [3.05, 3.63) is 35.1 Å². The molecule has 1 aromatic carbocycles. The van der Waals surface area contributed by atoms with Gasteiger partial charge in [-0.3, -0.25) is 0 Å². The molecule has 0 aliphatic rings. The summed E-state index contributed by atoms with van der Waals surface area (Å²) in [6, 6.07) is 1.20. The van der Waals surface area contributed by atoms with Crippen LogP contribution in [0.5, 0.6) is 0 Å². The topological polar surface area (TPSA) is 20.2 Å². The van der Waals surface area contributed by atoms with Crippen molar-refractivity contribution >= 4 is 0 Å². The predicted molar refractivity (Wildman–Crippen MR) is 36.9 cm³/mol. The molecule has 0 radical (unpaired) electrons. The fourth-order valence-electron chi connectivity index (χ4n) is 0.880. The van der Waals surface area contributed by atoms with Crippen LogP contribution in [0.3, 0.4) is 0 Å². The molecule has 0 saturated heterocycles. The number of halogens is 3. The van der Waals surface area contributed by atoms with Crippen LogP contribution in [0.1, 0.15) is 18.6 Å². The Morgan fingerprint density at radius 2 is 1.83 bits per heavy atom. The molecule has 0 saturated carbocycles.